The summed E-state index contributed by atoms with van der Waals surface area (Å²) >= 11 is 0. The summed E-state index contributed by atoms with van der Waals surface area (Å²) in [4.78, 5) is 15.1. The fraction of sp³-hybridized carbons (Fsp3) is 0.632. The van der Waals surface area contributed by atoms with Crippen molar-refractivity contribution in [1.82, 2.24) is 9.21 Å². The predicted octanol–water partition coefficient (Wildman–Crippen LogP) is 2.67. The number of carbonyl (C=O) groups excluding carboxylic acids is 1. The number of hydrogen-bond acceptors (Lipinski definition) is 5. The SMILES string of the molecule is CCN1CCCC(OC(=O)c2cc(S(=O)(=O)N(CC)CC)ccc2C)C1. The maximum atomic E-state index is 12.7. The van der Waals surface area contributed by atoms with Gasteiger partial charge in [-0.15, -0.1) is 0 Å². The molecule has 0 saturated carbocycles. The Labute approximate surface area is 157 Å². The van der Waals surface area contributed by atoms with Gasteiger partial charge in [-0.1, -0.05) is 26.8 Å². The molecule has 1 atom stereocenters. The Morgan fingerprint density at radius 2 is 1.96 bits per heavy atom. The van der Waals surface area contributed by atoms with Crippen LogP contribution in [0.25, 0.3) is 0 Å². The third-order valence-electron chi connectivity index (χ3n) is 4.96. The first-order valence-corrected chi connectivity index (χ1v) is 10.8. The van der Waals surface area contributed by atoms with Crippen molar-refractivity contribution in [2.45, 2.75) is 51.5 Å². The summed E-state index contributed by atoms with van der Waals surface area (Å²) < 4.78 is 32.5. The molecule has 26 heavy (non-hydrogen) atoms. The minimum absolute atomic E-state index is 0.137. The van der Waals surface area contributed by atoms with E-state index in [4.69, 9.17) is 4.74 Å². The van der Waals surface area contributed by atoms with E-state index in [-0.39, 0.29) is 11.0 Å². The molecule has 1 unspecified atom stereocenters. The highest BCUT2D eigenvalue weighted by atomic mass is 32.2. The molecule has 7 heteroatoms. The molecule has 1 aromatic rings. The number of rotatable bonds is 7. The van der Waals surface area contributed by atoms with E-state index in [0.29, 0.717) is 18.7 Å². The molecule has 0 N–H and O–H groups in total. The Morgan fingerprint density at radius 1 is 1.27 bits per heavy atom. The van der Waals surface area contributed by atoms with Crippen molar-refractivity contribution in [2.75, 3.05) is 32.7 Å². The second-order valence-corrected chi connectivity index (χ2v) is 8.57. The molecule has 0 aromatic heterocycles. The molecule has 1 saturated heterocycles. The first-order valence-electron chi connectivity index (χ1n) is 9.37. The molecule has 2 rings (SSSR count). The summed E-state index contributed by atoms with van der Waals surface area (Å²) in [5.74, 6) is -0.443. The Morgan fingerprint density at radius 3 is 2.58 bits per heavy atom. The molecular weight excluding hydrogens is 352 g/mol. The largest absolute Gasteiger partial charge is 0.457 e. The summed E-state index contributed by atoms with van der Waals surface area (Å²) in [5.41, 5.74) is 1.04. The van der Waals surface area contributed by atoms with Gasteiger partial charge in [0.25, 0.3) is 0 Å². The molecule has 1 heterocycles. The van der Waals surface area contributed by atoms with Crippen molar-refractivity contribution in [3.63, 3.8) is 0 Å². The highest BCUT2D eigenvalue weighted by molar-refractivity contribution is 7.89. The van der Waals surface area contributed by atoms with Crippen LogP contribution in [-0.2, 0) is 14.8 Å². The van der Waals surface area contributed by atoms with Gasteiger partial charge in [0.05, 0.1) is 10.5 Å². The van der Waals surface area contributed by atoms with Gasteiger partial charge in [0.2, 0.25) is 10.0 Å². The molecule has 6 nitrogen and oxygen atoms in total. The van der Waals surface area contributed by atoms with Gasteiger partial charge in [0, 0.05) is 19.6 Å². The van der Waals surface area contributed by atoms with E-state index in [9.17, 15) is 13.2 Å². The van der Waals surface area contributed by atoms with Gasteiger partial charge in [0.1, 0.15) is 6.10 Å². The van der Waals surface area contributed by atoms with Crippen LogP contribution < -0.4 is 0 Å². The molecule has 0 bridgehead atoms. The number of nitrogens with zero attached hydrogens (tertiary/aromatic N) is 2. The fourth-order valence-electron chi connectivity index (χ4n) is 3.31. The van der Waals surface area contributed by atoms with Crippen LogP contribution in [0.4, 0.5) is 0 Å². The average Bonchev–Trinajstić information content (AvgIpc) is 2.62. The Balaban J connectivity index is 2.22. The van der Waals surface area contributed by atoms with Crippen LogP contribution in [0.2, 0.25) is 0 Å². The van der Waals surface area contributed by atoms with Crippen LogP contribution in [0.3, 0.4) is 0 Å². The quantitative estimate of drug-likeness (QED) is 0.678. The van der Waals surface area contributed by atoms with Crippen LogP contribution in [0.5, 0.6) is 0 Å². The van der Waals surface area contributed by atoms with E-state index in [1.54, 1.807) is 32.9 Å². The topological polar surface area (TPSA) is 66.9 Å². The Bertz CT molecular complexity index is 729. The first kappa shape index (κ1) is 20.9. The standard InChI is InChI=1S/C19H30N2O4S/c1-5-20-12-8-9-16(14-20)25-19(22)18-13-17(11-10-15(18)4)26(23,24)21(6-2)7-3/h10-11,13,16H,5-9,12,14H2,1-4H3. The highest BCUT2D eigenvalue weighted by Crippen LogP contribution is 2.22. The third kappa shape index (κ3) is 4.64. The van der Waals surface area contributed by atoms with E-state index in [2.05, 4.69) is 11.8 Å². The number of likely N-dealkylation sites (N-methyl/N-ethyl adjacent to an activating group) is 1. The Kier molecular flexibility index (Phi) is 7.20. The van der Waals surface area contributed by atoms with Crippen LogP contribution in [0, 0.1) is 6.92 Å². The van der Waals surface area contributed by atoms with Crippen LogP contribution in [0.15, 0.2) is 23.1 Å². The Hall–Kier alpha value is -1.44. The number of carbonyl (C=O) groups is 1. The molecule has 146 valence electrons. The van der Waals surface area contributed by atoms with E-state index >= 15 is 0 Å². The second-order valence-electron chi connectivity index (χ2n) is 6.63. The van der Waals surface area contributed by atoms with E-state index < -0.39 is 16.0 Å². The predicted molar refractivity (Wildman–Crippen MR) is 102 cm³/mol. The molecule has 0 amide bonds. The average molecular weight is 383 g/mol. The molecule has 0 aliphatic carbocycles. The maximum Gasteiger partial charge on any atom is 0.338 e. The van der Waals surface area contributed by atoms with Crippen molar-refractivity contribution in [2.24, 2.45) is 0 Å². The number of hydrogen-bond donors (Lipinski definition) is 0. The minimum Gasteiger partial charge on any atom is -0.457 e. The van der Waals surface area contributed by atoms with Crippen molar-refractivity contribution in [1.29, 1.82) is 0 Å². The second kappa shape index (κ2) is 8.97. The number of piperidine rings is 1. The molecule has 0 spiro atoms. The lowest BCUT2D eigenvalue weighted by atomic mass is 10.1. The van der Waals surface area contributed by atoms with Gasteiger partial charge in [-0.2, -0.15) is 4.31 Å². The number of sulfonamides is 1. The van der Waals surface area contributed by atoms with E-state index in [1.165, 1.54) is 10.4 Å². The number of likely N-dealkylation sites (tertiary alicyclic amines) is 1. The first-order chi connectivity index (χ1) is 12.3. The van der Waals surface area contributed by atoms with Gasteiger partial charge < -0.3 is 4.74 Å². The van der Waals surface area contributed by atoms with Gasteiger partial charge in [-0.05, 0) is 50.6 Å². The number of aryl methyl sites for hydroxylation is 1. The maximum absolute atomic E-state index is 12.7. The van der Waals surface area contributed by atoms with Gasteiger partial charge in [-0.3, -0.25) is 4.90 Å². The van der Waals surface area contributed by atoms with Gasteiger partial charge in [-0.25, -0.2) is 13.2 Å². The number of esters is 1. The van der Waals surface area contributed by atoms with Crippen LogP contribution in [0.1, 0.15) is 49.5 Å². The highest BCUT2D eigenvalue weighted by Gasteiger charge is 2.26. The molecule has 1 fully saturated rings. The van der Waals surface area contributed by atoms with Crippen LogP contribution in [-0.4, -0.2) is 62.4 Å². The molecule has 0 radical (unpaired) electrons. The fourth-order valence-corrected chi connectivity index (χ4v) is 4.79. The lowest BCUT2D eigenvalue weighted by Gasteiger charge is -2.31. The molecule has 1 aliphatic heterocycles. The summed E-state index contributed by atoms with van der Waals surface area (Å²) in [7, 11) is -3.60. The summed E-state index contributed by atoms with van der Waals surface area (Å²) in [5, 5.41) is 0. The normalized spacial score (nSPS) is 18.9. The lowest BCUT2D eigenvalue weighted by Crippen LogP contribution is -2.40. The molecule has 1 aromatic carbocycles. The van der Waals surface area contributed by atoms with Crippen LogP contribution >= 0.6 is 0 Å². The monoisotopic (exact) mass is 382 g/mol. The zero-order valence-corrected chi connectivity index (χ0v) is 17.0. The minimum atomic E-state index is -3.60. The zero-order chi connectivity index (χ0) is 19.3. The van der Waals surface area contributed by atoms with Crippen molar-refractivity contribution < 1.29 is 17.9 Å². The summed E-state index contributed by atoms with van der Waals surface area (Å²) in [6, 6.07) is 4.68. The van der Waals surface area contributed by atoms with Gasteiger partial charge in [0.15, 0.2) is 0 Å². The molecule has 1 aliphatic rings. The van der Waals surface area contributed by atoms with E-state index in [1.807, 2.05) is 0 Å². The van der Waals surface area contributed by atoms with Crippen molar-refractivity contribution >= 4 is 16.0 Å². The van der Waals surface area contributed by atoms with Crippen molar-refractivity contribution in [3.05, 3.63) is 29.3 Å². The summed E-state index contributed by atoms with van der Waals surface area (Å²) in [6.45, 7) is 11.0. The third-order valence-corrected chi connectivity index (χ3v) is 7.00. The lowest BCUT2D eigenvalue weighted by molar-refractivity contribution is 0.00765. The molecular formula is C19H30N2O4S. The number of benzene rings is 1. The van der Waals surface area contributed by atoms with Crippen molar-refractivity contribution in [3.8, 4) is 0 Å². The number of ether oxygens (including phenoxy) is 1. The summed E-state index contributed by atoms with van der Waals surface area (Å²) in [6.07, 6.45) is 1.71. The smallest absolute Gasteiger partial charge is 0.338 e. The zero-order valence-electron chi connectivity index (χ0n) is 16.2. The van der Waals surface area contributed by atoms with E-state index in [0.717, 1.165) is 38.0 Å². The van der Waals surface area contributed by atoms with Gasteiger partial charge >= 0.3 is 5.97 Å².